The molecule has 21 heavy (non-hydrogen) atoms. The molecule has 0 nitrogen and oxygen atoms in total. The van der Waals surface area contributed by atoms with Crippen LogP contribution in [0.3, 0.4) is 0 Å². The van der Waals surface area contributed by atoms with Gasteiger partial charge in [-0.1, -0.05) is 53.6 Å². The minimum atomic E-state index is 0. The van der Waals surface area contributed by atoms with Crippen LogP contribution in [0.15, 0.2) is 66.3 Å². The quantitative estimate of drug-likeness (QED) is 0.346. The smallest absolute Gasteiger partial charge is 0.00806 e. The third kappa shape index (κ3) is 2.97. The van der Waals surface area contributed by atoms with Crippen molar-refractivity contribution in [2.24, 2.45) is 0 Å². The van der Waals surface area contributed by atoms with Gasteiger partial charge in [0.25, 0.3) is 0 Å². The van der Waals surface area contributed by atoms with Crippen LogP contribution in [0.5, 0.6) is 0 Å². The van der Waals surface area contributed by atoms with Gasteiger partial charge in [0.2, 0.25) is 0 Å². The molecule has 3 heteroatoms. The Morgan fingerprint density at radius 3 is 2.48 bits per heavy atom. The third-order valence-electron chi connectivity index (χ3n) is 3.91. The predicted molar refractivity (Wildman–Crippen MR) is 74.4 cm³/mol. The second kappa shape index (κ2) is 7.58. The number of fused-ring (bicyclic) bond motifs is 3. The minimum Gasteiger partial charge on any atom is -1.00 e. The van der Waals surface area contributed by atoms with Crippen LogP contribution in [0.1, 0.15) is 23.5 Å². The monoisotopic (exact) mass is 479 g/mol. The van der Waals surface area contributed by atoms with E-state index in [1.54, 1.807) is 0 Å². The van der Waals surface area contributed by atoms with Gasteiger partial charge in [0, 0.05) is 31.8 Å². The molecule has 0 spiro atoms. The zero-order valence-electron chi connectivity index (χ0n) is 11.3. The Morgan fingerprint density at radius 2 is 1.71 bits per heavy atom. The molecule has 0 amide bonds. The largest absolute Gasteiger partial charge is 1.00 e. The standard InChI is InChI=1S/C18H13.2ClH.Hf/c1-2-8-13(7-1)18-16-11-5-3-9-14(16)15-10-4-6-12-17(15)18;;;/h1-7,9-11,18H,8H2;2*1H;/q-1;;;/p-2. The maximum absolute atomic E-state index is 3.45. The summed E-state index contributed by atoms with van der Waals surface area (Å²) in [5, 5.41) is 0. The summed E-state index contributed by atoms with van der Waals surface area (Å²) in [5.41, 5.74) is 7.00. The predicted octanol–water partition coefficient (Wildman–Crippen LogP) is -1.51. The van der Waals surface area contributed by atoms with Gasteiger partial charge in [-0.3, -0.25) is 0 Å². The SMILES string of the molecule is [Cl-].[Cl-].[Hf].[c-]1cccc2c1C(C1=CC=CC1)c1ccccc1-2. The molecule has 106 valence electrons. The first-order valence-corrected chi connectivity index (χ1v) is 6.40. The van der Waals surface area contributed by atoms with Crippen LogP contribution in [0.2, 0.25) is 0 Å². The van der Waals surface area contributed by atoms with Gasteiger partial charge in [-0.05, 0) is 12.0 Å². The number of benzene rings is 2. The summed E-state index contributed by atoms with van der Waals surface area (Å²) in [6.07, 6.45) is 7.73. The minimum absolute atomic E-state index is 0. The molecule has 2 aromatic rings. The Morgan fingerprint density at radius 1 is 0.952 bits per heavy atom. The molecule has 2 aliphatic rings. The number of hydrogen-bond donors (Lipinski definition) is 0. The number of allylic oxidation sites excluding steroid dienone is 4. The topological polar surface area (TPSA) is 0 Å². The molecule has 0 saturated carbocycles. The van der Waals surface area contributed by atoms with Crippen LogP contribution in [-0.2, 0) is 25.8 Å². The molecule has 0 radical (unpaired) electrons. The van der Waals surface area contributed by atoms with Crippen molar-refractivity contribution in [2.45, 2.75) is 12.3 Å². The van der Waals surface area contributed by atoms with E-state index in [9.17, 15) is 0 Å². The molecule has 0 aromatic heterocycles. The van der Waals surface area contributed by atoms with Gasteiger partial charge < -0.3 is 24.8 Å². The Bertz CT molecular complexity index is 644. The van der Waals surface area contributed by atoms with E-state index >= 15 is 0 Å². The van der Waals surface area contributed by atoms with Gasteiger partial charge in [-0.15, -0.1) is 11.1 Å². The number of hydrogen-bond acceptors (Lipinski definition) is 0. The maximum Gasteiger partial charge on any atom is 0.00806 e. The van der Waals surface area contributed by atoms with Crippen molar-refractivity contribution >= 4 is 0 Å². The molecule has 1 atom stereocenters. The zero-order valence-corrected chi connectivity index (χ0v) is 16.4. The van der Waals surface area contributed by atoms with Crippen LogP contribution in [-0.4, -0.2) is 0 Å². The summed E-state index contributed by atoms with van der Waals surface area (Å²) in [5.74, 6) is 0.410. The van der Waals surface area contributed by atoms with Gasteiger partial charge in [0.15, 0.2) is 0 Å². The Kier molecular flexibility index (Phi) is 6.65. The van der Waals surface area contributed by atoms with E-state index in [2.05, 4.69) is 60.7 Å². The van der Waals surface area contributed by atoms with Crippen molar-refractivity contribution in [3.63, 3.8) is 0 Å². The molecule has 0 heterocycles. The van der Waals surface area contributed by atoms with E-state index in [0.717, 1.165) is 6.42 Å². The molecule has 0 N–H and O–H groups in total. The molecule has 1 unspecified atom stereocenters. The van der Waals surface area contributed by atoms with Gasteiger partial charge in [-0.25, -0.2) is 0 Å². The average Bonchev–Trinajstić information content (AvgIpc) is 3.03. The van der Waals surface area contributed by atoms with Crippen molar-refractivity contribution < 1.29 is 50.7 Å². The Labute approximate surface area is 157 Å². The molecule has 0 bridgehead atoms. The van der Waals surface area contributed by atoms with E-state index < -0.39 is 0 Å². The molecule has 0 aliphatic heterocycles. The van der Waals surface area contributed by atoms with Gasteiger partial charge >= 0.3 is 0 Å². The van der Waals surface area contributed by atoms with Crippen LogP contribution < -0.4 is 24.8 Å². The van der Waals surface area contributed by atoms with Crippen LogP contribution >= 0.6 is 0 Å². The van der Waals surface area contributed by atoms with E-state index in [0.29, 0.717) is 5.92 Å². The Balaban J connectivity index is 0.000000735. The molecule has 2 aromatic carbocycles. The summed E-state index contributed by atoms with van der Waals surface area (Å²) in [6, 6.07) is 18.5. The summed E-state index contributed by atoms with van der Waals surface area (Å²) in [7, 11) is 0. The second-order valence-corrected chi connectivity index (χ2v) is 4.89. The van der Waals surface area contributed by atoms with E-state index in [4.69, 9.17) is 0 Å². The van der Waals surface area contributed by atoms with Crippen LogP contribution in [0.25, 0.3) is 11.1 Å². The van der Waals surface area contributed by atoms with Gasteiger partial charge in [0.1, 0.15) is 0 Å². The van der Waals surface area contributed by atoms with E-state index in [1.165, 1.54) is 27.8 Å². The van der Waals surface area contributed by atoms with Gasteiger partial charge in [-0.2, -0.15) is 24.3 Å². The fourth-order valence-corrected chi connectivity index (χ4v) is 3.14. The Hall–Kier alpha value is -0.630. The first-order valence-electron chi connectivity index (χ1n) is 6.40. The molecule has 0 fully saturated rings. The van der Waals surface area contributed by atoms with Crippen molar-refractivity contribution in [2.75, 3.05) is 0 Å². The summed E-state index contributed by atoms with van der Waals surface area (Å²) in [6.45, 7) is 0. The molecule has 0 saturated heterocycles. The summed E-state index contributed by atoms with van der Waals surface area (Å²) in [4.78, 5) is 0. The van der Waals surface area contributed by atoms with Crippen molar-refractivity contribution in [3.8, 4) is 11.1 Å². The van der Waals surface area contributed by atoms with E-state index in [1.807, 2.05) is 6.07 Å². The summed E-state index contributed by atoms with van der Waals surface area (Å²) >= 11 is 0. The van der Waals surface area contributed by atoms with E-state index in [-0.39, 0.29) is 50.7 Å². The van der Waals surface area contributed by atoms with Crippen LogP contribution in [0, 0.1) is 6.07 Å². The normalized spacial score (nSPS) is 16.8. The molecular formula is C18H13Cl2Hf-3. The molecule has 4 rings (SSSR count). The fraction of sp³-hybridized carbons (Fsp3) is 0.111. The van der Waals surface area contributed by atoms with Crippen molar-refractivity contribution in [3.05, 3.63) is 83.5 Å². The first-order chi connectivity index (χ1) is 8.95. The first kappa shape index (κ1) is 18.4. The second-order valence-electron chi connectivity index (χ2n) is 4.89. The maximum atomic E-state index is 3.45. The fourth-order valence-electron chi connectivity index (χ4n) is 3.14. The zero-order chi connectivity index (χ0) is 11.9. The van der Waals surface area contributed by atoms with Gasteiger partial charge in [0.05, 0.1) is 0 Å². The summed E-state index contributed by atoms with van der Waals surface area (Å²) < 4.78 is 0. The number of halogens is 2. The molecule has 2 aliphatic carbocycles. The third-order valence-corrected chi connectivity index (χ3v) is 3.91. The number of rotatable bonds is 1. The molecular weight excluding hydrogens is 466 g/mol. The van der Waals surface area contributed by atoms with Crippen molar-refractivity contribution in [1.29, 1.82) is 0 Å². The van der Waals surface area contributed by atoms with Crippen LogP contribution in [0.4, 0.5) is 0 Å². The van der Waals surface area contributed by atoms with Crippen molar-refractivity contribution in [1.82, 2.24) is 0 Å². The average molecular weight is 479 g/mol.